The molecule has 1 aliphatic carbocycles. The van der Waals surface area contributed by atoms with Crippen LogP contribution in [0.1, 0.15) is 29.2 Å². The topological polar surface area (TPSA) is 32.1 Å². The Balaban J connectivity index is 1.77. The van der Waals surface area contributed by atoms with Gasteiger partial charge in [0.1, 0.15) is 12.2 Å². The number of halogens is 1. The van der Waals surface area contributed by atoms with E-state index in [4.69, 9.17) is 0 Å². The summed E-state index contributed by atoms with van der Waals surface area (Å²) < 4.78 is 15.3. The predicted molar refractivity (Wildman–Crippen MR) is 97.3 cm³/mol. The molecule has 0 saturated carbocycles. The maximum atomic E-state index is 13.3. The van der Waals surface area contributed by atoms with Crippen molar-refractivity contribution >= 4 is 11.6 Å². The van der Waals surface area contributed by atoms with Crippen molar-refractivity contribution in [3.8, 4) is 11.1 Å². The van der Waals surface area contributed by atoms with Crippen LogP contribution in [0.5, 0.6) is 0 Å². The van der Waals surface area contributed by atoms with Crippen LogP contribution in [0.3, 0.4) is 0 Å². The third kappa shape index (κ3) is 2.19. The molecule has 26 heavy (non-hydrogen) atoms. The van der Waals surface area contributed by atoms with Crippen LogP contribution in [0.25, 0.3) is 11.1 Å². The van der Waals surface area contributed by atoms with E-state index in [1.165, 1.54) is 12.1 Å². The summed E-state index contributed by atoms with van der Waals surface area (Å²) in [6.45, 7) is 0. The lowest BCUT2D eigenvalue weighted by molar-refractivity contribution is -0.598. The molecule has 1 atom stereocenters. The number of hydrogen-bond donors (Lipinski definition) is 1. The van der Waals surface area contributed by atoms with Crippen molar-refractivity contribution in [1.82, 2.24) is 5.43 Å². The molecule has 0 unspecified atom stereocenters. The van der Waals surface area contributed by atoms with Crippen molar-refractivity contribution in [2.45, 2.75) is 12.5 Å². The Bertz CT molecular complexity index is 1020. The van der Waals surface area contributed by atoms with E-state index in [0.717, 1.165) is 33.5 Å². The normalized spacial score (nSPS) is 17.9. The van der Waals surface area contributed by atoms with Crippen molar-refractivity contribution in [3.05, 3.63) is 95.3 Å². The number of hydrazine groups is 1. The lowest BCUT2D eigenvalue weighted by Crippen LogP contribution is -2.32. The maximum absolute atomic E-state index is 13.3. The molecule has 3 aromatic carbocycles. The minimum atomic E-state index is -0.276. The van der Waals surface area contributed by atoms with Crippen LogP contribution < -0.4 is 5.43 Å². The number of fused-ring (bicyclic) bond motifs is 3. The van der Waals surface area contributed by atoms with Crippen LogP contribution in [0.2, 0.25) is 0 Å². The van der Waals surface area contributed by atoms with E-state index in [1.54, 1.807) is 12.1 Å². The number of hydrazone groups is 1. The fourth-order valence-electron chi connectivity index (χ4n) is 3.94. The Kier molecular flexibility index (Phi) is 3.25. The fraction of sp³-hybridized carbons (Fsp3) is 0.0909. The van der Waals surface area contributed by atoms with Crippen molar-refractivity contribution < 1.29 is 13.9 Å². The van der Waals surface area contributed by atoms with E-state index in [9.17, 15) is 9.18 Å². The summed E-state index contributed by atoms with van der Waals surface area (Å²) in [4.78, 5) is 12.2. The molecule has 1 aliphatic heterocycles. The molecule has 0 aromatic heterocycles. The Labute approximate surface area is 150 Å². The standard InChI is InChI=1S/C22H15FN2O/c23-15-11-9-14(10-12-15)20-13-21(26)24-25(20)22-18-7-3-1-5-16(18)17-6-2-4-8-19(17)22/h1-12,20H,13H2/p+1/t20-/m1/s1. The smallest absolute Gasteiger partial charge is 0.269 e. The lowest BCUT2D eigenvalue weighted by atomic mass is 10.0. The van der Waals surface area contributed by atoms with Gasteiger partial charge in [-0.2, -0.15) is 0 Å². The van der Waals surface area contributed by atoms with Crippen LogP contribution in [0.15, 0.2) is 72.8 Å². The summed E-state index contributed by atoms with van der Waals surface area (Å²) in [6, 6.07) is 22.7. The number of nitrogens with zero attached hydrogens (tertiary/aromatic N) is 1. The first-order chi connectivity index (χ1) is 12.7. The molecule has 1 N–H and O–H groups in total. The fourth-order valence-corrected chi connectivity index (χ4v) is 3.94. The Morgan fingerprint density at radius 1 is 0.808 bits per heavy atom. The number of nitrogens with one attached hydrogen (secondary N) is 1. The van der Waals surface area contributed by atoms with Gasteiger partial charge in [-0.3, -0.25) is 4.79 Å². The van der Waals surface area contributed by atoms with E-state index >= 15 is 0 Å². The first kappa shape index (κ1) is 15.0. The largest absolute Gasteiger partial charge is 0.281 e. The van der Waals surface area contributed by atoms with Gasteiger partial charge in [0.15, 0.2) is 0 Å². The van der Waals surface area contributed by atoms with Crippen LogP contribution >= 0.6 is 0 Å². The minimum Gasteiger partial charge on any atom is -0.269 e. The zero-order valence-corrected chi connectivity index (χ0v) is 13.9. The predicted octanol–water partition coefficient (Wildman–Crippen LogP) is 3.83. The summed E-state index contributed by atoms with van der Waals surface area (Å²) >= 11 is 0. The average molecular weight is 343 g/mol. The number of benzene rings is 3. The molecule has 0 bridgehead atoms. The molecule has 1 heterocycles. The molecule has 4 heteroatoms. The molecule has 1 saturated heterocycles. The van der Waals surface area contributed by atoms with Gasteiger partial charge in [-0.05, 0) is 47.5 Å². The highest BCUT2D eigenvalue weighted by atomic mass is 19.1. The zero-order valence-electron chi connectivity index (χ0n) is 13.9. The molecule has 2 aliphatic rings. The van der Waals surface area contributed by atoms with Crippen LogP contribution in [-0.4, -0.2) is 16.3 Å². The number of rotatable bonds is 1. The molecular weight excluding hydrogens is 327 g/mol. The summed E-state index contributed by atoms with van der Waals surface area (Å²) in [5.74, 6) is -0.310. The maximum Gasteiger partial charge on any atom is 0.281 e. The van der Waals surface area contributed by atoms with Gasteiger partial charge in [-0.25, -0.2) is 4.39 Å². The van der Waals surface area contributed by atoms with E-state index in [-0.39, 0.29) is 17.8 Å². The molecule has 1 fully saturated rings. The Hall–Kier alpha value is -3.27. The third-order valence-electron chi connectivity index (χ3n) is 5.09. The Morgan fingerprint density at radius 3 is 1.92 bits per heavy atom. The van der Waals surface area contributed by atoms with E-state index in [2.05, 4.69) is 29.7 Å². The second-order valence-corrected chi connectivity index (χ2v) is 6.62. The van der Waals surface area contributed by atoms with E-state index in [0.29, 0.717) is 6.42 Å². The van der Waals surface area contributed by atoms with Gasteiger partial charge in [0.25, 0.3) is 5.91 Å². The van der Waals surface area contributed by atoms with Gasteiger partial charge < -0.3 is 0 Å². The lowest BCUT2D eigenvalue weighted by Gasteiger charge is -2.09. The van der Waals surface area contributed by atoms with Gasteiger partial charge in [0, 0.05) is 5.56 Å². The second kappa shape index (κ2) is 5.63. The quantitative estimate of drug-likeness (QED) is 0.523. The molecule has 1 amide bonds. The number of hydrogen-bond acceptors (Lipinski definition) is 1. The van der Waals surface area contributed by atoms with Crippen molar-refractivity contribution in [2.75, 3.05) is 0 Å². The summed E-state index contributed by atoms with van der Waals surface area (Å²) in [5.41, 5.74) is 9.44. The van der Waals surface area contributed by atoms with E-state index in [1.807, 2.05) is 28.9 Å². The Morgan fingerprint density at radius 2 is 1.35 bits per heavy atom. The SMILES string of the molecule is O=C1C[C@H](c2ccc(F)cc2)[N+](=C2c3ccccc3-c3ccccc32)N1. The van der Waals surface area contributed by atoms with Crippen molar-refractivity contribution in [1.29, 1.82) is 0 Å². The first-order valence-electron chi connectivity index (χ1n) is 8.63. The molecule has 5 rings (SSSR count). The van der Waals surface area contributed by atoms with Gasteiger partial charge in [0.05, 0.1) is 11.1 Å². The number of amides is 1. The number of carbonyl (C=O) groups is 1. The van der Waals surface area contributed by atoms with Gasteiger partial charge in [-0.15, -0.1) is 5.43 Å². The van der Waals surface area contributed by atoms with Crippen LogP contribution in [0.4, 0.5) is 4.39 Å². The highest BCUT2D eigenvalue weighted by Gasteiger charge is 2.42. The van der Waals surface area contributed by atoms with Crippen LogP contribution in [-0.2, 0) is 4.79 Å². The molecule has 3 nitrogen and oxygen atoms in total. The van der Waals surface area contributed by atoms with E-state index < -0.39 is 0 Å². The summed E-state index contributed by atoms with van der Waals surface area (Å²) in [6.07, 6.45) is 0.347. The molecular formula is C22H16FN2O+. The molecule has 0 spiro atoms. The molecule has 126 valence electrons. The minimum absolute atomic E-state index is 0.0336. The van der Waals surface area contributed by atoms with Gasteiger partial charge >= 0.3 is 0 Å². The second-order valence-electron chi connectivity index (χ2n) is 6.62. The van der Waals surface area contributed by atoms with Crippen LogP contribution in [0, 0.1) is 5.82 Å². The molecule has 3 aromatic rings. The molecule has 0 radical (unpaired) electrons. The average Bonchev–Trinajstić information content (AvgIpc) is 3.20. The number of carbonyl (C=O) groups excluding carboxylic acids is 1. The highest BCUT2D eigenvalue weighted by Crippen LogP contribution is 2.38. The zero-order chi connectivity index (χ0) is 17.7. The monoisotopic (exact) mass is 343 g/mol. The summed E-state index contributed by atoms with van der Waals surface area (Å²) in [5, 5.41) is 0. The highest BCUT2D eigenvalue weighted by molar-refractivity contribution is 6.22. The van der Waals surface area contributed by atoms with Gasteiger partial charge in [0.2, 0.25) is 11.8 Å². The van der Waals surface area contributed by atoms with Gasteiger partial charge in [-0.1, -0.05) is 41.1 Å². The van der Waals surface area contributed by atoms with Crippen molar-refractivity contribution in [2.24, 2.45) is 0 Å². The third-order valence-corrected chi connectivity index (χ3v) is 5.09. The first-order valence-corrected chi connectivity index (χ1v) is 8.63. The summed E-state index contributed by atoms with van der Waals surface area (Å²) in [7, 11) is 0. The van der Waals surface area contributed by atoms with Crippen molar-refractivity contribution in [3.63, 3.8) is 0 Å².